The third-order valence-electron chi connectivity index (χ3n) is 21.9. The van der Waals surface area contributed by atoms with Crippen LogP contribution < -0.4 is 30.2 Å². The largest absolute Gasteiger partial charge is 0.473 e. The Morgan fingerprint density at radius 3 is 0.981 bits per heavy atom. The Kier molecular flexibility index (Phi) is 26.1. The molecule has 9 aromatic rings. The lowest BCUT2D eigenvalue weighted by Gasteiger charge is -2.29. The number of methoxy groups -OCH3 is 3. The van der Waals surface area contributed by atoms with Crippen LogP contribution in [0.15, 0.2) is 91.8 Å². The molecule has 27 heteroatoms. The number of likely N-dealkylation sites (tertiary alicyclic amines) is 3. The van der Waals surface area contributed by atoms with Gasteiger partial charge in [0.1, 0.15) is 18.3 Å². The third kappa shape index (κ3) is 19.8. The van der Waals surface area contributed by atoms with Crippen LogP contribution in [0.1, 0.15) is 165 Å². The Hall–Kier alpha value is -8.25. The summed E-state index contributed by atoms with van der Waals surface area (Å²) in [7, 11) is 11.5. The second-order valence-electron chi connectivity index (χ2n) is 30.8. The zero-order chi connectivity index (χ0) is 74.5. The molecule has 12 heterocycles. The van der Waals surface area contributed by atoms with Crippen molar-refractivity contribution in [2.45, 2.75) is 202 Å². The van der Waals surface area contributed by atoms with Crippen molar-refractivity contribution in [1.82, 2.24) is 73.4 Å². The Morgan fingerprint density at radius 2 is 0.692 bits per heavy atom. The van der Waals surface area contributed by atoms with Crippen molar-refractivity contribution in [2.24, 2.45) is 0 Å². The minimum Gasteiger partial charge on any atom is -0.473 e. The van der Waals surface area contributed by atoms with Gasteiger partial charge in [0.25, 0.3) is 0 Å². The van der Waals surface area contributed by atoms with Gasteiger partial charge in [-0.2, -0.15) is 0 Å². The summed E-state index contributed by atoms with van der Waals surface area (Å²) in [6.07, 6.45) is 27.0. The fourth-order valence-corrected chi connectivity index (χ4v) is 16.3. The third-order valence-corrected chi connectivity index (χ3v) is 21.9. The van der Waals surface area contributed by atoms with E-state index in [9.17, 15) is 15.3 Å². The van der Waals surface area contributed by atoms with E-state index in [-0.39, 0.29) is 54.7 Å². The first-order chi connectivity index (χ1) is 52.0. The Morgan fingerprint density at radius 1 is 0.393 bits per heavy atom. The number of piperidine rings is 2. The summed E-state index contributed by atoms with van der Waals surface area (Å²) in [6.45, 7) is 13.9. The summed E-state index contributed by atoms with van der Waals surface area (Å²) in [5, 5.41) is 54.8. The van der Waals surface area contributed by atoms with Crippen molar-refractivity contribution in [2.75, 3.05) is 118 Å². The van der Waals surface area contributed by atoms with Crippen molar-refractivity contribution in [3.05, 3.63) is 109 Å². The molecular formula is C80H112N18O9. The first-order valence-corrected chi connectivity index (χ1v) is 38.9. The Labute approximate surface area is 628 Å². The van der Waals surface area contributed by atoms with Crippen molar-refractivity contribution in [3.8, 4) is 51.0 Å². The maximum Gasteiger partial charge on any atom is 0.241 e. The lowest BCUT2D eigenvalue weighted by molar-refractivity contribution is 0.0999. The summed E-state index contributed by atoms with van der Waals surface area (Å²) in [6, 6.07) is 19.1. The van der Waals surface area contributed by atoms with Gasteiger partial charge in [0, 0.05) is 154 Å². The van der Waals surface area contributed by atoms with Gasteiger partial charge in [0.05, 0.1) is 73.3 Å². The SMILES string of the molecule is COC[C@H](C)Nc1ncc2c(-c3ccnc(O[C@@H]4CCCN(C)C4)c3)cc(C3CCC(O)CC3)n2n1.COC[C@H](C)Nc1ncc2c(-c3ccnc(O[C@@H]4CCN(C)C4)c3)cc(C3CCC(O)CC3)n2n1.COC[C@H](C)Nc1ncc2c(-c3ccnc(O[C@H]4CCCN(C)C4)c3)cc(C3CCC(O)CC3)n2n1. The number of hydrogen-bond acceptors (Lipinski definition) is 24. The van der Waals surface area contributed by atoms with Gasteiger partial charge in [-0.3, -0.25) is 0 Å². The summed E-state index contributed by atoms with van der Waals surface area (Å²) in [5.41, 5.74) is 12.7. The van der Waals surface area contributed by atoms with Crippen molar-refractivity contribution in [3.63, 3.8) is 0 Å². The molecular weight excluding hydrogens is 1360 g/mol. The molecule has 6 fully saturated rings. The van der Waals surface area contributed by atoms with E-state index in [1.165, 1.54) is 0 Å². The Balaban J connectivity index is 0.000000142. The number of anilines is 3. The van der Waals surface area contributed by atoms with Gasteiger partial charge in [-0.25, -0.2) is 43.5 Å². The highest BCUT2D eigenvalue weighted by Crippen LogP contribution is 2.42. The lowest BCUT2D eigenvalue weighted by Crippen LogP contribution is -2.38. The maximum atomic E-state index is 10.1. The van der Waals surface area contributed by atoms with Crippen molar-refractivity contribution >= 4 is 34.4 Å². The zero-order valence-corrected chi connectivity index (χ0v) is 64.0. The van der Waals surface area contributed by atoms with E-state index in [2.05, 4.69) is 99.9 Å². The smallest absolute Gasteiger partial charge is 0.241 e. The van der Waals surface area contributed by atoms with Crippen molar-refractivity contribution in [1.29, 1.82) is 0 Å². The van der Waals surface area contributed by atoms with E-state index in [1.807, 2.05) is 108 Å². The van der Waals surface area contributed by atoms with Crippen LogP contribution in [0.3, 0.4) is 0 Å². The number of nitrogens with zero attached hydrogens (tertiary/aromatic N) is 15. The molecule has 0 aromatic carbocycles. The van der Waals surface area contributed by atoms with Gasteiger partial charge in [-0.15, -0.1) is 15.3 Å². The second kappa shape index (κ2) is 36.3. The monoisotopic (exact) mass is 1470 g/mol. The first-order valence-electron chi connectivity index (χ1n) is 38.9. The predicted molar refractivity (Wildman–Crippen MR) is 414 cm³/mol. The molecule has 0 unspecified atom stereocenters. The summed E-state index contributed by atoms with van der Waals surface area (Å²) < 4.78 is 40.6. The number of pyridine rings is 3. The number of ether oxygens (including phenoxy) is 6. The summed E-state index contributed by atoms with van der Waals surface area (Å²) in [4.78, 5) is 34.2. The van der Waals surface area contributed by atoms with Crippen LogP contribution in [0.25, 0.3) is 49.9 Å². The van der Waals surface area contributed by atoms with Crippen LogP contribution in [0, 0.1) is 0 Å². The minimum absolute atomic E-state index is 0.0921. The molecule has 3 saturated carbocycles. The minimum atomic E-state index is -0.201. The number of aliphatic hydroxyl groups is 3. The highest BCUT2D eigenvalue weighted by atomic mass is 16.5. The van der Waals surface area contributed by atoms with Crippen LogP contribution >= 0.6 is 0 Å². The maximum absolute atomic E-state index is 10.1. The molecule has 15 rings (SSSR count). The van der Waals surface area contributed by atoms with E-state index in [4.69, 9.17) is 43.7 Å². The van der Waals surface area contributed by atoms with Gasteiger partial charge in [-0.05, 0) is 217 Å². The first kappa shape index (κ1) is 76.9. The molecule has 0 radical (unpaired) electrons. The Bertz CT molecular complexity index is 4140. The van der Waals surface area contributed by atoms with Gasteiger partial charge in [0.15, 0.2) is 0 Å². The van der Waals surface area contributed by atoms with E-state index < -0.39 is 0 Å². The summed E-state index contributed by atoms with van der Waals surface area (Å²) in [5.74, 6) is 4.70. The molecule has 3 saturated heterocycles. The van der Waals surface area contributed by atoms with Crippen LogP contribution in [-0.4, -0.2) is 245 Å². The quantitative estimate of drug-likeness (QED) is 0.0328. The number of nitrogens with one attached hydrogen (secondary N) is 3. The van der Waals surface area contributed by atoms with Crippen LogP contribution in [-0.2, 0) is 14.2 Å². The fourth-order valence-electron chi connectivity index (χ4n) is 16.3. The van der Waals surface area contributed by atoms with Gasteiger partial charge in [-0.1, -0.05) is 0 Å². The molecule has 27 nitrogen and oxygen atoms in total. The van der Waals surface area contributed by atoms with Crippen LogP contribution in [0.5, 0.6) is 17.6 Å². The molecule has 0 amide bonds. The van der Waals surface area contributed by atoms with Gasteiger partial charge in [0.2, 0.25) is 35.5 Å². The zero-order valence-electron chi connectivity index (χ0n) is 64.0. The topological polar surface area (TPSA) is 291 Å². The highest BCUT2D eigenvalue weighted by Gasteiger charge is 2.31. The van der Waals surface area contributed by atoms with E-state index >= 15 is 0 Å². The van der Waals surface area contributed by atoms with Crippen LogP contribution in [0.2, 0.25) is 0 Å². The molecule has 9 aromatic heterocycles. The fraction of sp³-hybridized carbons (Fsp3) is 0.588. The molecule has 3 aliphatic heterocycles. The highest BCUT2D eigenvalue weighted by molar-refractivity contribution is 5.84. The molecule has 0 spiro atoms. The number of aromatic nitrogens is 12. The van der Waals surface area contributed by atoms with E-state index in [0.717, 1.165) is 215 Å². The molecule has 0 bridgehead atoms. The summed E-state index contributed by atoms with van der Waals surface area (Å²) >= 11 is 0. The predicted octanol–water partition coefficient (Wildman–Crippen LogP) is 10.8. The molecule has 107 heavy (non-hydrogen) atoms. The lowest BCUT2D eigenvalue weighted by atomic mass is 9.85. The van der Waals surface area contributed by atoms with E-state index in [1.54, 1.807) is 21.3 Å². The van der Waals surface area contributed by atoms with E-state index in [0.29, 0.717) is 73.1 Å². The molecule has 6 N–H and O–H groups in total. The number of hydrogen-bond donors (Lipinski definition) is 6. The van der Waals surface area contributed by atoms with Gasteiger partial charge >= 0.3 is 0 Å². The number of aliphatic hydroxyl groups excluding tert-OH is 3. The molecule has 6 aliphatic rings. The number of fused-ring (bicyclic) bond motifs is 3. The average Bonchev–Trinajstić information content (AvgIpc) is 1.63. The average molecular weight is 1470 g/mol. The number of rotatable bonds is 24. The van der Waals surface area contributed by atoms with Crippen molar-refractivity contribution < 1.29 is 43.7 Å². The molecule has 6 atom stereocenters. The number of likely N-dealkylation sites (N-methyl/N-ethyl adjacent to an activating group) is 3. The second-order valence-corrected chi connectivity index (χ2v) is 30.8. The molecule has 576 valence electrons. The standard InChI is InChI=1S/2C27H38N6O3.C26H36N6O3/c2*1-18(17-35-3)30-27-29-15-25-23(14-24(33(25)31-27)19-6-8-21(34)9-7-19)20-10-11-28-26(13-20)36-22-5-4-12-32(2)16-22;1-17(16-34-3)29-26-28-14-24-22(13-23(32(24)30-26)18-4-6-20(33)7-5-18)19-8-10-27-25(12-19)35-21-9-11-31(2)15-21/h2*10-11,13-15,18-19,21-22,34H,4-9,12,16-17H2,1-3H3,(H,30,31);8,10,12-14,17-18,20-21,33H,4-7,9,11,15-16H2,1-3H3,(H,29,30)/t18-,19?,21?,22+;18-,19?,21?,22-;17-,18?,20?,21+/m000/s1. The normalized spacial score (nSPS) is 24.1. The van der Waals surface area contributed by atoms with Crippen LogP contribution in [0.4, 0.5) is 17.8 Å². The molecule has 3 aliphatic carbocycles. The van der Waals surface area contributed by atoms with Gasteiger partial charge < -0.3 is 74.4 Å².